The number of halogens is 2. The predicted molar refractivity (Wildman–Crippen MR) is 176 cm³/mol. The van der Waals surface area contributed by atoms with Crippen LogP contribution >= 0.6 is 11.6 Å². The van der Waals surface area contributed by atoms with Crippen LogP contribution in [0.25, 0.3) is 39.1 Å². The van der Waals surface area contributed by atoms with Crippen molar-refractivity contribution in [3.63, 3.8) is 0 Å². The fourth-order valence-corrected chi connectivity index (χ4v) is 6.81. The largest absolute Gasteiger partial charge is 0.356 e. The Hall–Kier alpha value is -4.44. The first-order valence-corrected chi connectivity index (χ1v) is 16.1. The maximum absolute atomic E-state index is 14.7. The average Bonchev–Trinajstić information content (AvgIpc) is 3.72. The van der Waals surface area contributed by atoms with Crippen LogP contribution < -0.4 is 0 Å². The molecule has 0 amide bonds. The number of nitrogens with zero attached hydrogens (tertiary/aromatic N) is 7. The molecule has 1 saturated heterocycles. The molecule has 3 aromatic carbocycles. The molecule has 232 valence electrons. The summed E-state index contributed by atoms with van der Waals surface area (Å²) in [5, 5.41) is 15.8. The van der Waals surface area contributed by atoms with Crippen molar-refractivity contribution < 1.29 is 9.13 Å². The van der Waals surface area contributed by atoms with E-state index in [4.69, 9.17) is 21.4 Å². The summed E-state index contributed by atoms with van der Waals surface area (Å²) in [5.41, 5.74) is 9.29. The topological polar surface area (TPSA) is 73.9 Å². The third-order valence-electron chi connectivity index (χ3n) is 9.13. The number of hydrogen-bond acceptors (Lipinski definition) is 6. The number of aryl methyl sites for hydroxylation is 1. The Morgan fingerprint density at radius 1 is 1.02 bits per heavy atom. The molecule has 8 rings (SSSR count). The van der Waals surface area contributed by atoms with Crippen LogP contribution in [0.5, 0.6) is 0 Å². The summed E-state index contributed by atoms with van der Waals surface area (Å²) in [5.74, 6) is -0.508. The molecule has 0 aliphatic carbocycles. The van der Waals surface area contributed by atoms with Crippen LogP contribution in [0.3, 0.4) is 0 Å². The average molecular weight is 634 g/mol. The van der Waals surface area contributed by atoms with Crippen LogP contribution in [0, 0.1) is 12.9 Å². The number of rotatable bonds is 6. The first-order valence-electron chi connectivity index (χ1n) is 15.8. The second kappa shape index (κ2) is 12.1. The van der Waals surface area contributed by atoms with E-state index in [2.05, 4.69) is 56.6 Å². The SMILES string of the molecule is Cc1ccc(CN2CCc3ccc(-n4cc(-c5nn(C6CCCCO6)c6ccc(-c7cccnc7F)cc56)nn4)cc3C2)cc1Cl. The number of hydrogen-bond donors (Lipinski definition) is 0. The maximum Gasteiger partial charge on any atom is 0.220 e. The van der Waals surface area contributed by atoms with Gasteiger partial charge in [0.15, 0.2) is 6.23 Å². The highest BCUT2D eigenvalue weighted by Gasteiger charge is 2.24. The molecule has 6 aromatic rings. The molecule has 1 atom stereocenters. The molecule has 0 bridgehead atoms. The van der Waals surface area contributed by atoms with Crippen molar-refractivity contribution >= 4 is 22.5 Å². The third-order valence-corrected chi connectivity index (χ3v) is 9.54. The number of pyridine rings is 1. The lowest BCUT2D eigenvalue weighted by atomic mass is 9.98. The number of benzene rings is 3. The number of aromatic nitrogens is 6. The molecule has 2 aliphatic rings. The van der Waals surface area contributed by atoms with Gasteiger partial charge in [0.25, 0.3) is 0 Å². The molecule has 0 radical (unpaired) electrons. The Balaban J connectivity index is 1.12. The minimum atomic E-state index is -0.508. The minimum Gasteiger partial charge on any atom is -0.356 e. The first kappa shape index (κ1) is 29.0. The molecule has 1 fully saturated rings. The summed E-state index contributed by atoms with van der Waals surface area (Å²) in [6, 6.07) is 22.2. The van der Waals surface area contributed by atoms with Gasteiger partial charge in [0.05, 0.1) is 17.4 Å². The zero-order chi connectivity index (χ0) is 31.2. The Kier molecular flexibility index (Phi) is 7.60. The van der Waals surface area contributed by atoms with Crippen LogP contribution in [0.4, 0.5) is 4.39 Å². The molecule has 0 saturated carbocycles. The van der Waals surface area contributed by atoms with Crippen molar-refractivity contribution in [2.24, 2.45) is 0 Å². The molecule has 46 heavy (non-hydrogen) atoms. The Labute approximate surface area is 271 Å². The molecule has 2 aliphatic heterocycles. The van der Waals surface area contributed by atoms with Gasteiger partial charge in [-0.05, 0) is 103 Å². The fraction of sp³-hybridized carbons (Fsp3) is 0.278. The van der Waals surface area contributed by atoms with Gasteiger partial charge in [-0.2, -0.15) is 9.49 Å². The zero-order valence-corrected chi connectivity index (χ0v) is 26.3. The van der Waals surface area contributed by atoms with Gasteiger partial charge in [0.1, 0.15) is 11.4 Å². The van der Waals surface area contributed by atoms with E-state index in [1.165, 1.54) is 22.9 Å². The van der Waals surface area contributed by atoms with Crippen LogP contribution in [0.15, 0.2) is 79.1 Å². The van der Waals surface area contributed by atoms with E-state index in [9.17, 15) is 4.39 Å². The van der Waals surface area contributed by atoms with Gasteiger partial charge in [-0.3, -0.25) is 4.90 Å². The van der Waals surface area contributed by atoms with Gasteiger partial charge < -0.3 is 4.74 Å². The lowest BCUT2D eigenvalue weighted by molar-refractivity contribution is -0.0365. The minimum absolute atomic E-state index is 0.166. The highest BCUT2D eigenvalue weighted by Crippen LogP contribution is 2.35. The second-order valence-electron chi connectivity index (χ2n) is 12.2. The van der Waals surface area contributed by atoms with Gasteiger partial charge in [0, 0.05) is 48.4 Å². The van der Waals surface area contributed by atoms with Gasteiger partial charge >= 0.3 is 0 Å². The quantitative estimate of drug-likeness (QED) is 0.175. The third kappa shape index (κ3) is 5.48. The number of fused-ring (bicyclic) bond motifs is 2. The molecule has 10 heteroatoms. The molecule has 8 nitrogen and oxygen atoms in total. The van der Waals surface area contributed by atoms with Crippen LogP contribution in [-0.2, 0) is 24.2 Å². The summed E-state index contributed by atoms with van der Waals surface area (Å²) in [6.45, 7) is 5.42. The van der Waals surface area contributed by atoms with Gasteiger partial charge in [-0.1, -0.05) is 41.1 Å². The smallest absolute Gasteiger partial charge is 0.220 e. The van der Waals surface area contributed by atoms with Crippen molar-refractivity contribution in [1.29, 1.82) is 0 Å². The van der Waals surface area contributed by atoms with Crippen molar-refractivity contribution in [3.8, 4) is 28.2 Å². The van der Waals surface area contributed by atoms with Crippen molar-refractivity contribution in [2.75, 3.05) is 13.2 Å². The molecule has 1 unspecified atom stereocenters. The maximum atomic E-state index is 14.7. The Bertz CT molecular complexity index is 2070. The van der Waals surface area contributed by atoms with Gasteiger partial charge in [-0.15, -0.1) is 5.10 Å². The molecule has 0 spiro atoms. The number of ether oxygens (including phenoxy) is 1. The summed E-state index contributed by atoms with van der Waals surface area (Å²) >= 11 is 6.40. The van der Waals surface area contributed by atoms with Gasteiger partial charge in [-0.25, -0.2) is 14.3 Å². The highest BCUT2D eigenvalue weighted by molar-refractivity contribution is 6.31. The van der Waals surface area contributed by atoms with E-state index in [1.807, 2.05) is 36.0 Å². The van der Waals surface area contributed by atoms with E-state index in [-0.39, 0.29) is 6.23 Å². The summed E-state index contributed by atoms with van der Waals surface area (Å²) < 4.78 is 24.6. The molecule has 0 N–H and O–H groups in total. The van der Waals surface area contributed by atoms with Crippen LogP contribution in [-0.4, -0.2) is 47.8 Å². The van der Waals surface area contributed by atoms with Crippen LogP contribution in [0.1, 0.15) is 47.7 Å². The zero-order valence-electron chi connectivity index (χ0n) is 25.5. The summed E-state index contributed by atoms with van der Waals surface area (Å²) in [7, 11) is 0. The van der Waals surface area contributed by atoms with Crippen LogP contribution in [0.2, 0.25) is 5.02 Å². The lowest BCUT2D eigenvalue weighted by Crippen LogP contribution is -2.30. The fourth-order valence-electron chi connectivity index (χ4n) is 6.61. The lowest BCUT2D eigenvalue weighted by Gasteiger charge is -2.29. The van der Waals surface area contributed by atoms with E-state index in [0.717, 1.165) is 78.1 Å². The van der Waals surface area contributed by atoms with E-state index in [1.54, 1.807) is 16.8 Å². The van der Waals surface area contributed by atoms with E-state index < -0.39 is 5.95 Å². The van der Waals surface area contributed by atoms with E-state index >= 15 is 0 Å². The second-order valence-corrected chi connectivity index (χ2v) is 12.6. The van der Waals surface area contributed by atoms with Crippen molar-refractivity contribution in [1.82, 2.24) is 34.7 Å². The van der Waals surface area contributed by atoms with Crippen molar-refractivity contribution in [2.45, 2.75) is 51.9 Å². The standard InChI is InChI=1S/C36H33ClFN7O/c1-23-7-8-24(17-31(23)37)20-43-15-13-25-9-11-28(18-27(25)21-43)44-22-32(40-42-44)35-30-19-26(29-5-4-14-39-36(29)38)10-12-33(30)45(41-35)34-6-2-3-16-46-34/h4-5,7-12,14,17-19,22,34H,2-3,6,13,15-16,20-21H2,1H3. The summed E-state index contributed by atoms with van der Waals surface area (Å²) in [4.78, 5) is 6.31. The molecule has 5 heterocycles. The Morgan fingerprint density at radius 2 is 1.96 bits per heavy atom. The Morgan fingerprint density at radius 3 is 2.80 bits per heavy atom. The molecule has 3 aromatic heterocycles. The highest BCUT2D eigenvalue weighted by atomic mass is 35.5. The summed E-state index contributed by atoms with van der Waals surface area (Å²) in [6.07, 6.45) is 7.20. The normalized spacial score (nSPS) is 17.0. The molecular weight excluding hydrogens is 601 g/mol. The predicted octanol–water partition coefficient (Wildman–Crippen LogP) is 7.70. The first-order chi connectivity index (χ1) is 22.5. The van der Waals surface area contributed by atoms with Crippen molar-refractivity contribution in [3.05, 3.63) is 112 Å². The van der Waals surface area contributed by atoms with E-state index in [0.29, 0.717) is 23.6 Å². The monoisotopic (exact) mass is 633 g/mol. The van der Waals surface area contributed by atoms with Gasteiger partial charge in [0.2, 0.25) is 5.95 Å². The molecular formula is C36H33ClFN7O.